The Hall–Kier alpha value is -2.93. The van der Waals surface area contributed by atoms with Crippen LogP contribution in [0.1, 0.15) is 27.6 Å². The van der Waals surface area contributed by atoms with Crippen molar-refractivity contribution in [2.75, 3.05) is 11.9 Å². The van der Waals surface area contributed by atoms with Crippen LogP contribution in [-0.4, -0.2) is 29.3 Å². The molecule has 0 spiro atoms. The van der Waals surface area contributed by atoms with Crippen molar-refractivity contribution in [3.63, 3.8) is 0 Å². The zero-order chi connectivity index (χ0) is 19.4. The highest BCUT2D eigenvalue weighted by molar-refractivity contribution is 9.10. The lowest BCUT2D eigenvalue weighted by Crippen LogP contribution is -2.18. The molecule has 6 nitrogen and oxygen atoms in total. The predicted octanol–water partition coefficient (Wildman–Crippen LogP) is 4.03. The van der Waals surface area contributed by atoms with E-state index in [1.165, 1.54) is 0 Å². The van der Waals surface area contributed by atoms with Crippen molar-refractivity contribution in [3.05, 3.63) is 64.3 Å². The third-order valence-electron chi connectivity index (χ3n) is 3.99. The highest BCUT2D eigenvalue weighted by atomic mass is 79.9. The fraction of sp³-hybridized carbons (Fsp3) is 0.150. The van der Waals surface area contributed by atoms with E-state index < -0.39 is 5.97 Å². The van der Waals surface area contributed by atoms with Crippen molar-refractivity contribution < 1.29 is 19.1 Å². The normalized spacial score (nSPS) is 10.6. The first-order valence-corrected chi connectivity index (χ1v) is 9.11. The Morgan fingerprint density at radius 3 is 2.59 bits per heavy atom. The number of anilines is 1. The van der Waals surface area contributed by atoms with Crippen molar-refractivity contribution in [3.8, 4) is 0 Å². The minimum atomic E-state index is -0.401. The largest absolute Gasteiger partial charge is 0.462 e. The van der Waals surface area contributed by atoms with Crippen LogP contribution in [-0.2, 0) is 16.1 Å². The topological polar surface area (TPSA) is 77.4 Å². The number of rotatable bonds is 6. The van der Waals surface area contributed by atoms with Gasteiger partial charge in [-0.05, 0) is 49.4 Å². The molecule has 0 saturated heterocycles. The number of aldehydes is 1. The number of esters is 1. The Bertz CT molecular complexity index is 1010. The molecule has 0 aliphatic rings. The van der Waals surface area contributed by atoms with E-state index in [4.69, 9.17) is 4.74 Å². The fourth-order valence-electron chi connectivity index (χ4n) is 2.78. The van der Waals surface area contributed by atoms with Gasteiger partial charge in [-0.25, -0.2) is 4.79 Å². The van der Waals surface area contributed by atoms with Crippen molar-refractivity contribution in [2.45, 2.75) is 13.5 Å². The fourth-order valence-corrected chi connectivity index (χ4v) is 3.14. The van der Waals surface area contributed by atoms with Crippen LogP contribution >= 0.6 is 15.9 Å². The summed E-state index contributed by atoms with van der Waals surface area (Å²) in [7, 11) is 0. The first-order valence-electron chi connectivity index (χ1n) is 8.32. The molecule has 0 radical (unpaired) electrons. The summed E-state index contributed by atoms with van der Waals surface area (Å²) in [5, 5.41) is 3.57. The van der Waals surface area contributed by atoms with Crippen LogP contribution in [0, 0.1) is 0 Å². The highest BCUT2D eigenvalue weighted by Crippen LogP contribution is 2.24. The second-order valence-electron chi connectivity index (χ2n) is 5.84. The zero-order valence-electron chi connectivity index (χ0n) is 14.6. The lowest BCUT2D eigenvalue weighted by Gasteiger charge is -2.08. The monoisotopic (exact) mass is 428 g/mol. The van der Waals surface area contributed by atoms with Gasteiger partial charge in [0.2, 0.25) is 5.91 Å². The second-order valence-corrected chi connectivity index (χ2v) is 6.75. The number of nitrogens with one attached hydrogen (secondary N) is 1. The zero-order valence-corrected chi connectivity index (χ0v) is 16.2. The summed E-state index contributed by atoms with van der Waals surface area (Å²) in [4.78, 5) is 35.3. The SMILES string of the molecule is CCOC(=O)c1ccc(NC(=O)Cn2cc(C=O)c3cc(Br)ccc32)cc1. The van der Waals surface area contributed by atoms with E-state index in [0.29, 0.717) is 23.4 Å². The van der Waals surface area contributed by atoms with Gasteiger partial charge in [-0.3, -0.25) is 9.59 Å². The van der Waals surface area contributed by atoms with Gasteiger partial charge in [-0.2, -0.15) is 0 Å². The Kier molecular flexibility index (Phi) is 5.71. The standard InChI is InChI=1S/C20H17BrN2O4/c1-2-27-20(26)13-3-6-16(7-4-13)22-19(25)11-23-10-14(12-24)17-9-15(21)5-8-18(17)23/h3-10,12H,2,11H2,1H3,(H,22,25). The number of carbonyl (C=O) groups excluding carboxylic acids is 3. The van der Waals surface area contributed by atoms with Gasteiger partial charge in [-0.1, -0.05) is 15.9 Å². The molecule has 2 aromatic carbocycles. The Morgan fingerprint density at radius 2 is 1.93 bits per heavy atom. The maximum atomic E-state index is 12.4. The molecular weight excluding hydrogens is 412 g/mol. The highest BCUT2D eigenvalue weighted by Gasteiger charge is 2.12. The summed E-state index contributed by atoms with van der Waals surface area (Å²) >= 11 is 3.39. The van der Waals surface area contributed by atoms with Crippen LogP contribution in [0.3, 0.4) is 0 Å². The quantitative estimate of drug-likeness (QED) is 0.474. The molecule has 1 N–H and O–H groups in total. The molecule has 0 atom stereocenters. The molecule has 3 rings (SSSR count). The summed E-state index contributed by atoms with van der Waals surface area (Å²) in [6, 6.07) is 12.0. The molecule has 0 unspecified atom stereocenters. The molecule has 0 aliphatic heterocycles. The Labute approximate surface area is 164 Å². The molecule has 1 amide bonds. The first kappa shape index (κ1) is 18.8. The molecule has 0 bridgehead atoms. The number of amides is 1. The number of nitrogens with zero attached hydrogens (tertiary/aromatic N) is 1. The van der Waals surface area contributed by atoms with Gasteiger partial charge >= 0.3 is 5.97 Å². The molecule has 138 valence electrons. The molecule has 3 aromatic rings. The van der Waals surface area contributed by atoms with E-state index in [1.807, 2.05) is 18.2 Å². The lowest BCUT2D eigenvalue weighted by molar-refractivity contribution is -0.116. The van der Waals surface area contributed by atoms with Crippen LogP contribution < -0.4 is 5.32 Å². The van der Waals surface area contributed by atoms with Gasteiger partial charge in [0.1, 0.15) is 6.54 Å². The minimum absolute atomic E-state index is 0.0611. The average Bonchev–Trinajstić information content (AvgIpc) is 2.99. The van der Waals surface area contributed by atoms with Crippen LogP contribution in [0.5, 0.6) is 0 Å². The summed E-state index contributed by atoms with van der Waals surface area (Å²) in [6.45, 7) is 2.11. The summed E-state index contributed by atoms with van der Waals surface area (Å²) in [5.41, 5.74) is 2.32. The molecule has 1 aromatic heterocycles. The van der Waals surface area contributed by atoms with E-state index in [9.17, 15) is 14.4 Å². The number of hydrogen-bond donors (Lipinski definition) is 1. The van der Waals surface area contributed by atoms with Gasteiger partial charge in [0.15, 0.2) is 6.29 Å². The van der Waals surface area contributed by atoms with E-state index in [1.54, 1.807) is 42.0 Å². The van der Waals surface area contributed by atoms with E-state index in [2.05, 4.69) is 21.2 Å². The van der Waals surface area contributed by atoms with Crippen molar-refractivity contribution >= 4 is 50.7 Å². The van der Waals surface area contributed by atoms with Crippen LogP contribution in [0.4, 0.5) is 5.69 Å². The van der Waals surface area contributed by atoms with Crippen LogP contribution in [0.25, 0.3) is 10.9 Å². The van der Waals surface area contributed by atoms with E-state index in [-0.39, 0.29) is 12.5 Å². The van der Waals surface area contributed by atoms with Crippen molar-refractivity contribution in [1.82, 2.24) is 4.57 Å². The van der Waals surface area contributed by atoms with E-state index >= 15 is 0 Å². The molecule has 0 saturated carbocycles. The minimum Gasteiger partial charge on any atom is -0.462 e. The number of halogens is 1. The lowest BCUT2D eigenvalue weighted by atomic mass is 10.2. The van der Waals surface area contributed by atoms with Crippen molar-refractivity contribution in [1.29, 1.82) is 0 Å². The number of fused-ring (bicyclic) bond motifs is 1. The van der Waals surface area contributed by atoms with Crippen molar-refractivity contribution in [2.24, 2.45) is 0 Å². The third kappa shape index (κ3) is 4.25. The molecule has 27 heavy (non-hydrogen) atoms. The average molecular weight is 429 g/mol. The molecule has 0 aliphatic carbocycles. The second kappa shape index (κ2) is 8.18. The number of benzene rings is 2. The van der Waals surface area contributed by atoms with Gasteiger partial charge in [0.25, 0.3) is 0 Å². The van der Waals surface area contributed by atoms with Gasteiger partial charge in [0, 0.05) is 32.8 Å². The Morgan fingerprint density at radius 1 is 1.19 bits per heavy atom. The number of hydrogen-bond acceptors (Lipinski definition) is 4. The van der Waals surface area contributed by atoms with Gasteiger partial charge in [0.05, 0.1) is 12.2 Å². The number of carbonyl (C=O) groups is 3. The third-order valence-corrected chi connectivity index (χ3v) is 4.49. The summed E-state index contributed by atoms with van der Waals surface area (Å²) in [5.74, 6) is -0.641. The molecule has 7 heteroatoms. The predicted molar refractivity (Wildman–Crippen MR) is 106 cm³/mol. The maximum Gasteiger partial charge on any atom is 0.338 e. The van der Waals surface area contributed by atoms with Gasteiger partial charge < -0.3 is 14.6 Å². The van der Waals surface area contributed by atoms with Crippen LogP contribution in [0.2, 0.25) is 0 Å². The molecule has 1 heterocycles. The smallest absolute Gasteiger partial charge is 0.338 e. The molecular formula is C20H17BrN2O4. The van der Waals surface area contributed by atoms with E-state index in [0.717, 1.165) is 21.7 Å². The molecule has 0 fully saturated rings. The number of ether oxygens (including phenoxy) is 1. The Balaban J connectivity index is 1.74. The summed E-state index contributed by atoms with van der Waals surface area (Å²) in [6.07, 6.45) is 2.44. The maximum absolute atomic E-state index is 12.4. The van der Waals surface area contributed by atoms with Gasteiger partial charge in [-0.15, -0.1) is 0 Å². The number of aromatic nitrogens is 1. The first-order chi connectivity index (χ1) is 13.0. The summed E-state index contributed by atoms with van der Waals surface area (Å²) < 4.78 is 7.52. The van der Waals surface area contributed by atoms with Crippen LogP contribution in [0.15, 0.2) is 53.1 Å².